The minimum absolute atomic E-state index is 0.260. The van der Waals surface area contributed by atoms with Gasteiger partial charge in [-0.15, -0.1) is 0 Å². The highest BCUT2D eigenvalue weighted by atomic mass is 19.2. The van der Waals surface area contributed by atoms with Crippen LogP contribution in [0.3, 0.4) is 0 Å². The number of para-hydroxylation sites is 2. The van der Waals surface area contributed by atoms with Crippen molar-refractivity contribution in [2.45, 2.75) is 6.42 Å². The highest BCUT2D eigenvalue weighted by Crippen LogP contribution is 2.29. The topological polar surface area (TPSA) is 63.3 Å². The van der Waals surface area contributed by atoms with Crippen LogP contribution in [0.1, 0.15) is 17.9 Å². The maximum Gasteiger partial charge on any atom is 0.308 e. The number of carbonyl (C=O) groups is 1. The highest BCUT2D eigenvalue weighted by Gasteiger charge is 2.26. The van der Waals surface area contributed by atoms with Gasteiger partial charge < -0.3 is 9.52 Å². The standard InChI is InChI=1S/C17H8F5NO3/c18-12-8(13(19)15(21)16(22)14(12)20)5-7(6-11(24)25)17-23-9-3-1-2-4-10(9)26-17/h1-5H,6H2,(H,24,25)/b7-5+. The second-order valence-corrected chi connectivity index (χ2v) is 5.21. The molecule has 26 heavy (non-hydrogen) atoms. The molecule has 0 bridgehead atoms. The number of aliphatic carboxylic acids is 1. The second kappa shape index (κ2) is 6.58. The first-order valence-corrected chi connectivity index (χ1v) is 7.09. The van der Waals surface area contributed by atoms with Crippen LogP contribution in [0.25, 0.3) is 22.7 Å². The Morgan fingerprint density at radius 3 is 2.15 bits per heavy atom. The predicted molar refractivity (Wildman–Crippen MR) is 80.4 cm³/mol. The van der Waals surface area contributed by atoms with Crippen molar-refractivity contribution in [1.82, 2.24) is 4.98 Å². The van der Waals surface area contributed by atoms with Gasteiger partial charge in [0, 0.05) is 5.57 Å². The molecule has 0 aliphatic heterocycles. The van der Waals surface area contributed by atoms with Crippen LogP contribution in [-0.2, 0) is 4.79 Å². The fourth-order valence-electron chi connectivity index (χ4n) is 2.28. The molecule has 0 saturated heterocycles. The van der Waals surface area contributed by atoms with Crippen molar-refractivity contribution in [3.8, 4) is 0 Å². The molecule has 2 aromatic carbocycles. The molecule has 0 saturated carbocycles. The summed E-state index contributed by atoms with van der Waals surface area (Å²) < 4.78 is 72.8. The first-order valence-electron chi connectivity index (χ1n) is 7.09. The van der Waals surface area contributed by atoms with E-state index >= 15 is 0 Å². The van der Waals surface area contributed by atoms with E-state index in [1.807, 2.05) is 0 Å². The lowest BCUT2D eigenvalue weighted by atomic mass is 10.1. The van der Waals surface area contributed by atoms with E-state index in [-0.39, 0.29) is 17.0 Å². The molecular weight excluding hydrogens is 361 g/mol. The largest absolute Gasteiger partial charge is 0.481 e. The third-order valence-corrected chi connectivity index (χ3v) is 3.47. The lowest BCUT2D eigenvalue weighted by molar-refractivity contribution is -0.135. The molecule has 3 rings (SSSR count). The Kier molecular flexibility index (Phi) is 4.45. The van der Waals surface area contributed by atoms with Crippen LogP contribution >= 0.6 is 0 Å². The average molecular weight is 369 g/mol. The summed E-state index contributed by atoms with van der Waals surface area (Å²) in [5.41, 5.74) is -1.05. The smallest absolute Gasteiger partial charge is 0.308 e. The minimum Gasteiger partial charge on any atom is -0.481 e. The molecule has 0 aliphatic rings. The zero-order valence-electron chi connectivity index (χ0n) is 12.7. The van der Waals surface area contributed by atoms with Crippen molar-refractivity contribution in [2.24, 2.45) is 0 Å². The molecule has 1 heterocycles. The van der Waals surface area contributed by atoms with Gasteiger partial charge >= 0.3 is 5.97 Å². The molecule has 0 aliphatic carbocycles. The van der Waals surface area contributed by atoms with Crippen molar-refractivity contribution in [1.29, 1.82) is 0 Å². The normalized spacial score (nSPS) is 12.0. The van der Waals surface area contributed by atoms with Gasteiger partial charge in [-0.25, -0.2) is 26.9 Å². The van der Waals surface area contributed by atoms with Crippen LogP contribution < -0.4 is 0 Å². The Morgan fingerprint density at radius 2 is 1.58 bits per heavy atom. The Morgan fingerprint density at radius 1 is 1.00 bits per heavy atom. The van der Waals surface area contributed by atoms with Gasteiger partial charge in [-0.3, -0.25) is 4.79 Å². The molecule has 0 fully saturated rings. The number of fused-ring (bicyclic) bond motifs is 1. The van der Waals surface area contributed by atoms with Crippen molar-refractivity contribution in [3.63, 3.8) is 0 Å². The SMILES string of the molecule is O=C(O)C/C(=C\c1c(F)c(F)c(F)c(F)c1F)c1nc2ccccc2o1. The molecule has 134 valence electrons. The number of aromatic nitrogens is 1. The number of nitrogens with zero attached hydrogens (tertiary/aromatic N) is 1. The quantitative estimate of drug-likeness (QED) is 0.417. The molecule has 4 nitrogen and oxygen atoms in total. The summed E-state index contributed by atoms with van der Waals surface area (Å²) in [6, 6.07) is 6.29. The Bertz CT molecular complexity index is 996. The Labute approximate surface area is 142 Å². The van der Waals surface area contributed by atoms with E-state index in [1.165, 1.54) is 6.07 Å². The molecular formula is C17H8F5NO3. The number of hydrogen-bond donors (Lipinski definition) is 1. The van der Waals surface area contributed by atoms with Crippen LogP contribution in [0.2, 0.25) is 0 Å². The molecule has 0 amide bonds. The number of carboxylic acid groups (broad SMARTS) is 1. The van der Waals surface area contributed by atoms with Gasteiger partial charge in [0.2, 0.25) is 11.7 Å². The van der Waals surface area contributed by atoms with Crippen molar-refractivity contribution in [2.75, 3.05) is 0 Å². The van der Waals surface area contributed by atoms with Gasteiger partial charge in [-0.05, 0) is 18.2 Å². The summed E-state index contributed by atoms with van der Waals surface area (Å²) >= 11 is 0. The number of halogens is 5. The third kappa shape index (κ3) is 3.03. The highest BCUT2D eigenvalue weighted by molar-refractivity contribution is 5.91. The summed E-state index contributed by atoms with van der Waals surface area (Å²) in [6.07, 6.45) is -0.290. The van der Waals surface area contributed by atoms with Gasteiger partial charge in [0.1, 0.15) is 5.52 Å². The maximum absolute atomic E-state index is 13.9. The molecule has 0 atom stereocenters. The number of rotatable bonds is 4. The Hall–Kier alpha value is -3.23. The monoisotopic (exact) mass is 369 g/mol. The van der Waals surface area contributed by atoms with Crippen LogP contribution in [0.15, 0.2) is 28.7 Å². The first kappa shape index (κ1) is 17.6. The van der Waals surface area contributed by atoms with E-state index in [2.05, 4.69) is 4.98 Å². The van der Waals surface area contributed by atoms with Crippen molar-refractivity contribution >= 4 is 28.7 Å². The molecule has 0 spiro atoms. The van der Waals surface area contributed by atoms with Crippen LogP contribution in [0, 0.1) is 29.1 Å². The van der Waals surface area contributed by atoms with Gasteiger partial charge in [0.15, 0.2) is 28.9 Å². The summed E-state index contributed by atoms with van der Waals surface area (Å²) in [4.78, 5) is 15.0. The minimum atomic E-state index is -2.31. The van der Waals surface area contributed by atoms with E-state index in [9.17, 15) is 26.7 Å². The van der Waals surface area contributed by atoms with Crippen LogP contribution in [0.5, 0.6) is 0 Å². The van der Waals surface area contributed by atoms with E-state index in [0.29, 0.717) is 11.6 Å². The first-order chi connectivity index (χ1) is 12.3. The van der Waals surface area contributed by atoms with Gasteiger partial charge in [0.25, 0.3) is 0 Å². The zero-order valence-corrected chi connectivity index (χ0v) is 12.7. The molecule has 1 N–H and O–H groups in total. The van der Waals surface area contributed by atoms with Crippen LogP contribution in [-0.4, -0.2) is 16.1 Å². The van der Waals surface area contributed by atoms with Crippen molar-refractivity contribution < 1.29 is 36.3 Å². The summed E-state index contributed by atoms with van der Waals surface area (Å²) in [5, 5.41) is 8.98. The molecule has 9 heteroatoms. The van der Waals surface area contributed by atoms with E-state index in [1.54, 1.807) is 18.2 Å². The summed E-state index contributed by atoms with van der Waals surface area (Å²) in [7, 11) is 0. The Balaban J connectivity index is 2.22. The summed E-state index contributed by atoms with van der Waals surface area (Å²) in [6.45, 7) is 0. The third-order valence-electron chi connectivity index (χ3n) is 3.47. The maximum atomic E-state index is 13.9. The van der Waals surface area contributed by atoms with E-state index in [4.69, 9.17) is 9.52 Å². The number of oxazole rings is 1. The van der Waals surface area contributed by atoms with Crippen molar-refractivity contribution in [3.05, 3.63) is 64.8 Å². The van der Waals surface area contributed by atoms with Gasteiger partial charge in [-0.2, -0.15) is 0 Å². The second-order valence-electron chi connectivity index (χ2n) is 5.21. The molecule has 1 aromatic heterocycles. The van der Waals surface area contributed by atoms with E-state index < -0.39 is 47.0 Å². The molecule has 3 aromatic rings. The molecule has 0 radical (unpaired) electrons. The fourth-order valence-corrected chi connectivity index (χ4v) is 2.28. The molecule has 0 unspecified atom stereocenters. The van der Waals surface area contributed by atoms with Gasteiger partial charge in [0.05, 0.1) is 12.0 Å². The lowest BCUT2D eigenvalue weighted by Gasteiger charge is -2.06. The summed E-state index contributed by atoms with van der Waals surface area (Å²) in [5.74, 6) is -12.5. The lowest BCUT2D eigenvalue weighted by Crippen LogP contribution is -2.05. The number of benzene rings is 2. The number of carboxylic acids is 1. The predicted octanol–water partition coefficient (Wildman–Crippen LogP) is 4.54. The number of hydrogen-bond acceptors (Lipinski definition) is 3. The van der Waals surface area contributed by atoms with Crippen LogP contribution in [0.4, 0.5) is 22.0 Å². The average Bonchev–Trinajstić information content (AvgIpc) is 3.04. The van der Waals surface area contributed by atoms with E-state index in [0.717, 1.165) is 0 Å². The fraction of sp³-hybridized carbons (Fsp3) is 0.0588. The zero-order chi connectivity index (χ0) is 19.0. The van der Waals surface area contributed by atoms with Gasteiger partial charge in [-0.1, -0.05) is 12.1 Å².